The molecule has 1 saturated heterocycles. The maximum absolute atomic E-state index is 13.0. The molecule has 2 fully saturated rings. The number of hydrogen-bond donors (Lipinski definition) is 1. The molecule has 1 N–H and O–H groups in total. The Morgan fingerprint density at radius 1 is 1.33 bits per heavy atom. The maximum atomic E-state index is 13.0. The first kappa shape index (κ1) is 22.4. The number of piperidine rings is 1. The molecule has 30 heavy (non-hydrogen) atoms. The number of nitro groups is 1. The number of likely N-dealkylation sites (tertiary alicyclic amines) is 1. The lowest BCUT2D eigenvalue weighted by atomic mass is 9.62. The van der Waals surface area contributed by atoms with Crippen LogP contribution in [0, 0.1) is 26.9 Å². The number of hydrazone groups is 1. The standard InChI is InChI=1S/C20H24N4O4S2/c1-12(13-5-7-14(8-6-13)24(27)28)21-22-18(29)30-11-23-16(25)15-9-10-20(4,17(23)26)19(15,2)3/h5-8,15H,9-11H2,1-4H3,(H,22,29). The number of thioether (sulfide) groups is 1. The number of carbonyl (C=O) groups excluding carboxylic acids is 2. The lowest BCUT2D eigenvalue weighted by molar-refractivity contribution is -0.384. The van der Waals surface area contributed by atoms with E-state index < -0.39 is 10.3 Å². The Morgan fingerprint density at radius 2 is 1.97 bits per heavy atom. The average molecular weight is 449 g/mol. The second kappa shape index (κ2) is 8.07. The smallest absolute Gasteiger partial charge is 0.269 e. The summed E-state index contributed by atoms with van der Waals surface area (Å²) in [5, 5.41) is 14.9. The average Bonchev–Trinajstić information content (AvgIpc) is 2.89. The van der Waals surface area contributed by atoms with Crippen molar-refractivity contribution in [3.05, 3.63) is 39.9 Å². The van der Waals surface area contributed by atoms with Crippen LogP contribution in [0.4, 0.5) is 5.69 Å². The summed E-state index contributed by atoms with van der Waals surface area (Å²) >= 11 is 6.45. The van der Waals surface area contributed by atoms with Gasteiger partial charge >= 0.3 is 0 Å². The molecule has 8 nitrogen and oxygen atoms in total. The molecule has 1 aromatic carbocycles. The molecular formula is C20H24N4O4S2. The molecule has 2 atom stereocenters. The van der Waals surface area contributed by atoms with Gasteiger partial charge in [0.1, 0.15) is 0 Å². The van der Waals surface area contributed by atoms with Crippen molar-refractivity contribution in [1.29, 1.82) is 0 Å². The molecule has 2 unspecified atom stereocenters. The Kier molecular flexibility index (Phi) is 6.01. The monoisotopic (exact) mass is 448 g/mol. The van der Waals surface area contributed by atoms with Crippen molar-refractivity contribution in [2.24, 2.45) is 21.8 Å². The second-order valence-electron chi connectivity index (χ2n) is 8.39. The van der Waals surface area contributed by atoms with E-state index in [1.807, 2.05) is 20.8 Å². The Hall–Kier alpha value is -2.33. The summed E-state index contributed by atoms with van der Waals surface area (Å²) in [5.74, 6) is -0.254. The van der Waals surface area contributed by atoms with E-state index in [1.54, 1.807) is 19.1 Å². The fourth-order valence-corrected chi connectivity index (χ4v) is 5.00. The van der Waals surface area contributed by atoms with Crippen molar-refractivity contribution < 1.29 is 14.5 Å². The van der Waals surface area contributed by atoms with Crippen molar-refractivity contribution >= 4 is 51.5 Å². The van der Waals surface area contributed by atoms with Crippen molar-refractivity contribution in [2.75, 3.05) is 5.88 Å². The highest BCUT2D eigenvalue weighted by Crippen LogP contribution is 2.60. The predicted octanol–water partition coefficient (Wildman–Crippen LogP) is 3.70. The molecule has 1 aliphatic heterocycles. The van der Waals surface area contributed by atoms with Crippen LogP contribution in [-0.2, 0) is 9.59 Å². The van der Waals surface area contributed by atoms with Gasteiger partial charge in [-0.2, -0.15) is 5.10 Å². The minimum Gasteiger partial charge on any atom is -0.274 e. The largest absolute Gasteiger partial charge is 0.274 e. The van der Waals surface area contributed by atoms with Crippen LogP contribution < -0.4 is 5.43 Å². The normalized spacial score (nSPS) is 25.4. The number of hydrogen-bond acceptors (Lipinski definition) is 7. The van der Waals surface area contributed by atoms with Crippen LogP contribution in [0.2, 0.25) is 0 Å². The van der Waals surface area contributed by atoms with E-state index in [4.69, 9.17) is 12.2 Å². The molecule has 0 aromatic heterocycles. The van der Waals surface area contributed by atoms with Gasteiger partial charge in [-0.3, -0.25) is 30.0 Å². The number of non-ortho nitro benzene ring substituents is 1. The summed E-state index contributed by atoms with van der Waals surface area (Å²) in [6.07, 6.45) is 1.45. The Labute approximate surface area is 184 Å². The molecule has 2 bridgehead atoms. The van der Waals surface area contributed by atoms with Crippen LogP contribution in [0.1, 0.15) is 46.1 Å². The van der Waals surface area contributed by atoms with Gasteiger partial charge in [0.25, 0.3) is 5.69 Å². The molecule has 0 spiro atoms. The van der Waals surface area contributed by atoms with Gasteiger partial charge in [-0.05, 0) is 42.9 Å². The summed E-state index contributed by atoms with van der Waals surface area (Å²) in [6, 6.07) is 6.03. The molecule has 2 amide bonds. The third-order valence-corrected chi connectivity index (χ3v) is 7.83. The minimum absolute atomic E-state index is 0.00675. The molecule has 1 aliphatic carbocycles. The topological polar surface area (TPSA) is 105 Å². The van der Waals surface area contributed by atoms with Crippen LogP contribution in [0.15, 0.2) is 29.4 Å². The van der Waals surface area contributed by atoms with Crippen LogP contribution in [0.25, 0.3) is 0 Å². The third-order valence-electron chi connectivity index (χ3n) is 6.64. The van der Waals surface area contributed by atoms with E-state index in [-0.39, 0.29) is 34.7 Å². The van der Waals surface area contributed by atoms with Crippen molar-refractivity contribution in [2.45, 2.75) is 40.5 Å². The number of carbonyl (C=O) groups is 2. The number of thiocarbonyl (C=S) groups is 1. The lowest BCUT2D eigenvalue weighted by Crippen LogP contribution is -2.58. The van der Waals surface area contributed by atoms with E-state index in [1.165, 1.54) is 28.8 Å². The SMILES string of the molecule is CC(=NNC(=S)SCN1C(=O)C2CCC(C)(C1=O)C2(C)C)c1ccc([N+](=O)[O-])cc1. The fourth-order valence-electron chi connectivity index (χ4n) is 4.20. The summed E-state index contributed by atoms with van der Waals surface area (Å²) in [4.78, 5) is 37.5. The van der Waals surface area contributed by atoms with E-state index in [0.717, 1.165) is 12.8 Å². The minimum atomic E-state index is -0.536. The van der Waals surface area contributed by atoms with Crippen LogP contribution in [-0.4, -0.2) is 37.5 Å². The number of amides is 2. The molecule has 3 rings (SSSR count). The van der Waals surface area contributed by atoms with Crippen molar-refractivity contribution in [3.8, 4) is 0 Å². The van der Waals surface area contributed by atoms with Crippen molar-refractivity contribution in [1.82, 2.24) is 10.3 Å². The molecule has 0 radical (unpaired) electrons. The second-order valence-corrected chi connectivity index (χ2v) is 10.0. The summed E-state index contributed by atoms with van der Waals surface area (Å²) in [7, 11) is 0. The molecule has 160 valence electrons. The fraction of sp³-hybridized carbons (Fsp3) is 0.500. The van der Waals surface area contributed by atoms with E-state index in [2.05, 4.69) is 10.5 Å². The highest BCUT2D eigenvalue weighted by Gasteiger charge is 2.64. The zero-order valence-corrected chi connectivity index (χ0v) is 18.9. The van der Waals surface area contributed by atoms with Gasteiger partial charge in [0, 0.05) is 18.1 Å². The van der Waals surface area contributed by atoms with Crippen LogP contribution in [0.5, 0.6) is 0 Å². The van der Waals surface area contributed by atoms with E-state index in [9.17, 15) is 19.7 Å². The first-order valence-electron chi connectivity index (χ1n) is 9.57. The summed E-state index contributed by atoms with van der Waals surface area (Å²) in [5.41, 5.74) is 3.20. The van der Waals surface area contributed by atoms with E-state index in [0.29, 0.717) is 15.6 Å². The van der Waals surface area contributed by atoms with Gasteiger partial charge in [0.15, 0.2) is 4.32 Å². The number of rotatable bonds is 5. The number of nitrogens with one attached hydrogen (secondary N) is 1. The zero-order chi connectivity index (χ0) is 22.3. The lowest BCUT2D eigenvalue weighted by Gasteiger charge is -2.47. The molecule has 1 saturated carbocycles. The Bertz CT molecular complexity index is 945. The number of nitro benzene ring substituents is 1. The summed E-state index contributed by atoms with van der Waals surface area (Å²) < 4.78 is 0.333. The number of imide groups is 1. The highest BCUT2D eigenvalue weighted by molar-refractivity contribution is 8.22. The highest BCUT2D eigenvalue weighted by atomic mass is 32.2. The van der Waals surface area contributed by atoms with Gasteiger partial charge in [0.2, 0.25) is 11.8 Å². The molecule has 10 heteroatoms. The number of nitrogens with zero attached hydrogens (tertiary/aromatic N) is 3. The Balaban J connectivity index is 1.59. The first-order chi connectivity index (χ1) is 14.0. The number of fused-ring (bicyclic) bond motifs is 2. The van der Waals surface area contributed by atoms with Crippen LogP contribution in [0.3, 0.4) is 0 Å². The van der Waals surface area contributed by atoms with Gasteiger partial charge in [-0.25, -0.2) is 0 Å². The van der Waals surface area contributed by atoms with Gasteiger partial charge < -0.3 is 0 Å². The summed E-state index contributed by atoms with van der Waals surface area (Å²) in [6.45, 7) is 7.72. The maximum Gasteiger partial charge on any atom is 0.269 e. The third kappa shape index (κ3) is 3.74. The molecule has 1 aromatic rings. The van der Waals surface area contributed by atoms with Gasteiger partial charge in [0.05, 0.1) is 21.9 Å². The molecule has 2 aliphatic rings. The predicted molar refractivity (Wildman–Crippen MR) is 120 cm³/mol. The molecule has 1 heterocycles. The number of benzene rings is 1. The first-order valence-corrected chi connectivity index (χ1v) is 11.0. The quantitative estimate of drug-likeness (QED) is 0.241. The Morgan fingerprint density at radius 3 is 2.57 bits per heavy atom. The zero-order valence-electron chi connectivity index (χ0n) is 17.3. The van der Waals surface area contributed by atoms with E-state index >= 15 is 0 Å². The van der Waals surface area contributed by atoms with Gasteiger partial charge in [-0.1, -0.05) is 44.8 Å². The van der Waals surface area contributed by atoms with Gasteiger partial charge in [-0.15, -0.1) is 0 Å². The molecular weight excluding hydrogens is 424 g/mol. The van der Waals surface area contributed by atoms with Crippen molar-refractivity contribution in [3.63, 3.8) is 0 Å². The van der Waals surface area contributed by atoms with Crippen LogP contribution >= 0.6 is 24.0 Å².